The van der Waals surface area contributed by atoms with E-state index in [9.17, 15) is 5.11 Å². The second kappa shape index (κ2) is 18.2. The molecule has 0 aromatic heterocycles. The first-order valence-electron chi connectivity index (χ1n) is 13.0. The molecule has 0 aliphatic rings. The van der Waals surface area contributed by atoms with Crippen molar-refractivity contribution in [1.29, 1.82) is 0 Å². The first-order chi connectivity index (χ1) is 18.7. The first kappa shape index (κ1) is 29.4. The van der Waals surface area contributed by atoms with E-state index >= 15 is 0 Å². The molecule has 0 heterocycles. The highest BCUT2D eigenvalue weighted by Gasteiger charge is 2.11. The van der Waals surface area contributed by atoms with E-state index in [1.54, 1.807) is 6.07 Å². The van der Waals surface area contributed by atoms with E-state index in [1.807, 2.05) is 79.8 Å². The van der Waals surface area contributed by atoms with Gasteiger partial charge in [-0.1, -0.05) is 60.7 Å². The van der Waals surface area contributed by atoms with Crippen LogP contribution in [-0.2, 0) is 22.7 Å². The molecule has 0 radical (unpaired) electrons. The maximum absolute atomic E-state index is 10.3. The van der Waals surface area contributed by atoms with Crippen LogP contribution in [0.3, 0.4) is 0 Å². The van der Waals surface area contributed by atoms with Crippen molar-refractivity contribution in [3.8, 4) is 17.2 Å². The number of benzene rings is 3. The highest BCUT2D eigenvalue weighted by atomic mass is 16.5. The quantitative estimate of drug-likeness (QED) is 0.194. The van der Waals surface area contributed by atoms with Crippen LogP contribution in [0.5, 0.6) is 17.2 Å². The maximum atomic E-state index is 10.3. The highest BCUT2D eigenvalue weighted by molar-refractivity contribution is 5.46. The molecule has 3 aromatic rings. The summed E-state index contributed by atoms with van der Waals surface area (Å²) >= 11 is 0. The van der Waals surface area contributed by atoms with Crippen LogP contribution >= 0.6 is 0 Å². The van der Waals surface area contributed by atoms with E-state index in [0.29, 0.717) is 70.0 Å². The van der Waals surface area contributed by atoms with E-state index < -0.39 is 6.10 Å². The Kier molecular flexibility index (Phi) is 14.1. The van der Waals surface area contributed by atoms with Gasteiger partial charge < -0.3 is 39.4 Å². The third-order valence-corrected chi connectivity index (χ3v) is 5.50. The van der Waals surface area contributed by atoms with Gasteiger partial charge in [0.1, 0.15) is 31.7 Å². The third-order valence-electron chi connectivity index (χ3n) is 5.50. The van der Waals surface area contributed by atoms with Crippen molar-refractivity contribution in [2.75, 3.05) is 59.7 Å². The Morgan fingerprint density at radius 2 is 1.29 bits per heavy atom. The molecule has 0 amide bonds. The Hall–Kier alpha value is -3.14. The summed E-state index contributed by atoms with van der Waals surface area (Å²) in [6.07, 6.45) is -0.664. The van der Waals surface area contributed by atoms with Gasteiger partial charge in [0.2, 0.25) is 0 Å². The molecule has 0 aliphatic heterocycles. The Morgan fingerprint density at radius 3 is 1.92 bits per heavy atom. The molecular weight excluding hydrogens is 484 g/mol. The standard InChI is InChI=1S/C30H40N2O6/c1-31-14-16-34-18-19-35-17-15-32-21-27(33)24-36-28-12-13-29(37-22-25-8-4-2-5-9-25)30(20-28)38-23-26-10-6-3-7-11-26/h2-13,20,27,31-33H,14-19,21-24H2,1H3. The molecule has 206 valence electrons. The smallest absolute Gasteiger partial charge is 0.165 e. The van der Waals surface area contributed by atoms with Gasteiger partial charge in [-0.05, 0) is 30.3 Å². The molecule has 3 rings (SSSR count). The number of rotatable bonds is 20. The molecule has 0 saturated carbocycles. The number of ether oxygens (including phenoxy) is 5. The average Bonchev–Trinajstić information content (AvgIpc) is 2.96. The summed E-state index contributed by atoms with van der Waals surface area (Å²) in [5.41, 5.74) is 2.13. The Morgan fingerprint density at radius 1 is 0.684 bits per heavy atom. The zero-order valence-electron chi connectivity index (χ0n) is 22.1. The van der Waals surface area contributed by atoms with E-state index in [0.717, 1.165) is 17.7 Å². The van der Waals surface area contributed by atoms with Crippen molar-refractivity contribution in [2.24, 2.45) is 0 Å². The molecule has 0 spiro atoms. The molecule has 3 N–H and O–H groups in total. The lowest BCUT2D eigenvalue weighted by Gasteiger charge is -2.17. The number of likely N-dealkylation sites (N-methyl/N-ethyl adjacent to an activating group) is 1. The molecule has 8 nitrogen and oxygen atoms in total. The first-order valence-corrected chi connectivity index (χ1v) is 13.0. The summed E-state index contributed by atoms with van der Waals surface area (Å²) in [4.78, 5) is 0. The van der Waals surface area contributed by atoms with Crippen LogP contribution in [0.4, 0.5) is 0 Å². The van der Waals surface area contributed by atoms with Crippen molar-refractivity contribution >= 4 is 0 Å². The van der Waals surface area contributed by atoms with Gasteiger partial charge in [0.05, 0.1) is 26.4 Å². The molecule has 1 atom stereocenters. The molecule has 38 heavy (non-hydrogen) atoms. The van der Waals surface area contributed by atoms with Gasteiger partial charge in [0.25, 0.3) is 0 Å². The van der Waals surface area contributed by atoms with Crippen LogP contribution in [0.25, 0.3) is 0 Å². The summed E-state index contributed by atoms with van der Waals surface area (Å²) in [5, 5.41) is 16.5. The van der Waals surface area contributed by atoms with Crippen molar-refractivity contribution < 1.29 is 28.8 Å². The van der Waals surface area contributed by atoms with Crippen LogP contribution in [-0.4, -0.2) is 70.9 Å². The third kappa shape index (κ3) is 11.9. The zero-order valence-corrected chi connectivity index (χ0v) is 22.1. The van der Waals surface area contributed by atoms with Gasteiger partial charge in [-0.2, -0.15) is 0 Å². The molecule has 0 saturated heterocycles. The minimum atomic E-state index is -0.664. The lowest BCUT2D eigenvalue weighted by Crippen LogP contribution is -2.33. The zero-order chi connectivity index (χ0) is 26.7. The van der Waals surface area contributed by atoms with E-state index in [2.05, 4.69) is 10.6 Å². The second-order valence-corrected chi connectivity index (χ2v) is 8.65. The minimum Gasteiger partial charge on any atom is -0.491 e. The predicted molar refractivity (Wildman–Crippen MR) is 148 cm³/mol. The molecule has 3 aromatic carbocycles. The fraction of sp³-hybridized carbons (Fsp3) is 0.400. The lowest BCUT2D eigenvalue weighted by atomic mass is 10.2. The maximum Gasteiger partial charge on any atom is 0.165 e. The van der Waals surface area contributed by atoms with Gasteiger partial charge in [0.15, 0.2) is 11.5 Å². The summed E-state index contributed by atoms with van der Waals surface area (Å²) in [6.45, 7) is 5.20. The molecular formula is C30H40N2O6. The van der Waals surface area contributed by atoms with Crippen molar-refractivity contribution in [1.82, 2.24) is 10.6 Å². The molecule has 1 unspecified atom stereocenters. The number of hydrogen-bond acceptors (Lipinski definition) is 8. The summed E-state index contributed by atoms with van der Waals surface area (Å²) < 4.78 is 28.9. The second-order valence-electron chi connectivity index (χ2n) is 8.65. The van der Waals surface area contributed by atoms with Crippen LogP contribution in [0.2, 0.25) is 0 Å². The number of aliphatic hydroxyl groups excluding tert-OH is 1. The van der Waals surface area contributed by atoms with Gasteiger partial charge >= 0.3 is 0 Å². The SMILES string of the molecule is CNCCOCCOCCNCC(O)COc1ccc(OCc2ccccc2)c(OCc2ccccc2)c1. The summed E-state index contributed by atoms with van der Waals surface area (Å²) in [5.74, 6) is 1.81. The average molecular weight is 525 g/mol. The normalized spacial score (nSPS) is 11.7. The molecule has 0 bridgehead atoms. The van der Waals surface area contributed by atoms with E-state index in [4.69, 9.17) is 23.7 Å². The van der Waals surface area contributed by atoms with E-state index in [1.165, 1.54) is 0 Å². The number of aliphatic hydroxyl groups is 1. The predicted octanol–water partition coefficient (Wildman–Crippen LogP) is 3.43. The Labute approximate surface area is 225 Å². The van der Waals surface area contributed by atoms with Gasteiger partial charge in [-0.3, -0.25) is 0 Å². The van der Waals surface area contributed by atoms with Gasteiger partial charge in [-0.15, -0.1) is 0 Å². The highest BCUT2D eigenvalue weighted by Crippen LogP contribution is 2.33. The largest absolute Gasteiger partial charge is 0.491 e. The fourth-order valence-electron chi connectivity index (χ4n) is 3.44. The summed E-state index contributed by atoms with van der Waals surface area (Å²) in [6, 6.07) is 25.4. The van der Waals surface area contributed by atoms with Crippen LogP contribution in [0, 0.1) is 0 Å². The van der Waals surface area contributed by atoms with Crippen molar-refractivity contribution in [3.63, 3.8) is 0 Å². The fourth-order valence-corrected chi connectivity index (χ4v) is 3.44. The van der Waals surface area contributed by atoms with E-state index in [-0.39, 0.29) is 6.61 Å². The number of nitrogens with one attached hydrogen (secondary N) is 2. The van der Waals surface area contributed by atoms with Gasteiger partial charge in [-0.25, -0.2) is 0 Å². The van der Waals surface area contributed by atoms with Crippen LogP contribution in [0.15, 0.2) is 78.9 Å². The van der Waals surface area contributed by atoms with Crippen LogP contribution in [0.1, 0.15) is 11.1 Å². The Balaban J connectivity index is 1.42. The monoisotopic (exact) mass is 524 g/mol. The molecule has 8 heteroatoms. The molecule has 0 aliphatic carbocycles. The van der Waals surface area contributed by atoms with Crippen molar-refractivity contribution in [2.45, 2.75) is 19.3 Å². The minimum absolute atomic E-state index is 0.148. The lowest BCUT2D eigenvalue weighted by molar-refractivity contribution is 0.0484. The summed E-state index contributed by atoms with van der Waals surface area (Å²) in [7, 11) is 1.89. The van der Waals surface area contributed by atoms with Crippen LogP contribution < -0.4 is 24.8 Å². The molecule has 0 fully saturated rings. The Bertz CT molecular complexity index is 1010. The topological polar surface area (TPSA) is 90.4 Å². The van der Waals surface area contributed by atoms with Gasteiger partial charge in [0, 0.05) is 25.7 Å². The van der Waals surface area contributed by atoms with Crippen molar-refractivity contribution in [3.05, 3.63) is 90.0 Å². The number of hydrogen-bond donors (Lipinski definition) is 3.